The second kappa shape index (κ2) is 5.00. The fourth-order valence-electron chi connectivity index (χ4n) is 1.24. The van der Waals surface area contributed by atoms with Gasteiger partial charge in [0.05, 0.1) is 21.3 Å². The molecule has 1 aromatic heterocycles. The Kier molecular flexibility index (Phi) is 3.62. The van der Waals surface area contributed by atoms with Crippen molar-refractivity contribution in [3.8, 4) is 11.5 Å². The third kappa shape index (κ3) is 2.94. The zero-order chi connectivity index (χ0) is 12.4. The number of nitrogen functional groups attached to an aromatic ring is 1. The molecule has 17 heavy (non-hydrogen) atoms. The van der Waals surface area contributed by atoms with E-state index in [1.807, 2.05) is 0 Å². The zero-order valence-corrected chi connectivity index (χ0v) is 10.7. The highest BCUT2D eigenvalue weighted by atomic mass is 35.5. The Morgan fingerprint density at radius 1 is 1.00 bits per heavy atom. The van der Waals surface area contributed by atoms with Crippen LogP contribution in [0.2, 0.25) is 15.1 Å². The van der Waals surface area contributed by atoms with Crippen LogP contribution < -0.4 is 10.5 Å². The first kappa shape index (κ1) is 12.3. The summed E-state index contributed by atoms with van der Waals surface area (Å²) in [5.41, 5.74) is 6.06. The molecule has 0 spiro atoms. The molecule has 1 aromatic carbocycles. The van der Waals surface area contributed by atoms with Gasteiger partial charge in [0.15, 0.2) is 5.75 Å². The Morgan fingerprint density at radius 2 is 1.65 bits per heavy atom. The van der Waals surface area contributed by atoms with E-state index in [0.717, 1.165) is 0 Å². The van der Waals surface area contributed by atoms with Gasteiger partial charge in [0.1, 0.15) is 5.75 Å². The molecule has 0 saturated heterocycles. The van der Waals surface area contributed by atoms with Crippen molar-refractivity contribution in [3.63, 3.8) is 0 Å². The molecule has 0 aliphatic heterocycles. The number of anilines is 1. The number of ether oxygens (including phenoxy) is 1. The van der Waals surface area contributed by atoms with Crippen LogP contribution in [0.15, 0.2) is 30.6 Å². The standard InChI is InChI=1S/C11H7Cl3N2O/c12-6-1-8(5-16-4-6)17-11-9(13)2-7(15)3-10(11)14/h1-5H,15H2. The molecule has 2 N–H and O–H groups in total. The van der Waals surface area contributed by atoms with Crippen LogP contribution in [0.1, 0.15) is 0 Å². The van der Waals surface area contributed by atoms with Crippen molar-refractivity contribution in [2.24, 2.45) is 0 Å². The molecule has 0 bridgehead atoms. The van der Waals surface area contributed by atoms with E-state index in [1.165, 1.54) is 12.4 Å². The quantitative estimate of drug-likeness (QED) is 0.833. The largest absolute Gasteiger partial charge is 0.453 e. The number of benzene rings is 1. The molecular formula is C11H7Cl3N2O. The van der Waals surface area contributed by atoms with Crippen molar-refractivity contribution in [2.45, 2.75) is 0 Å². The highest BCUT2D eigenvalue weighted by Crippen LogP contribution is 2.38. The fourth-order valence-corrected chi connectivity index (χ4v) is 1.99. The van der Waals surface area contributed by atoms with E-state index in [9.17, 15) is 0 Å². The normalized spacial score (nSPS) is 10.3. The van der Waals surface area contributed by atoms with Gasteiger partial charge in [-0.2, -0.15) is 0 Å². The van der Waals surface area contributed by atoms with Crippen molar-refractivity contribution in [3.05, 3.63) is 45.7 Å². The molecule has 3 nitrogen and oxygen atoms in total. The van der Waals surface area contributed by atoms with E-state index in [-0.39, 0.29) is 0 Å². The second-order valence-electron chi connectivity index (χ2n) is 3.25. The number of nitrogens with two attached hydrogens (primary N) is 1. The van der Waals surface area contributed by atoms with E-state index < -0.39 is 0 Å². The number of rotatable bonds is 2. The van der Waals surface area contributed by atoms with Gasteiger partial charge in [-0.25, -0.2) is 0 Å². The minimum Gasteiger partial charge on any atom is -0.453 e. The highest BCUT2D eigenvalue weighted by molar-refractivity contribution is 6.37. The molecule has 88 valence electrons. The number of nitrogens with zero attached hydrogens (tertiary/aromatic N) is 1. The van der Waals surface area contributed by atoms with Crippen molar-refractivity contribution >= 4 is 40.5 Å². The Balaban J connectivity index is 2.36. The van der Waals surface area contributed by atoms with Crippen LogP contribution in [-0.2, 0) is 0 Å². The van der Waals surface area contributed by atoms with E-state index in [2.05, 4.69) is 4.98 Å². The SMILES string of the molecule is Nc1cc(Cl)c(Oc2cncc(Cl)c2)c(Cl)c1. The first-order chi connectivity index (χ1) is 8.06. The molecule has 2 rings (SSSR count). The molecule has 0 aliphatic carbocycles. The van der Waals surface area contributed by atoms with Crippen molar-refractivity contribution < 1.29 is 4.74 Å². The molecular weight excluding hydrogens is 282 g/mol. The van der Waals surface area contributed by atoms with Crippen LogP contribution in [0.25, 0.3) is 0 Å². The molecule has 0 unspecified atom stereocenters. The number of pyridine rings is 1. The minimum absolute atomic E-state index is 0.326. The van der Waals surface area contributed by atoms with Crippen LogP contribution in [0.5, 0.6) is 11.5 Å². The summed E-state index contributed by atoms with van der Waals surface area (Å²) in [6.07, 6.45) is 3.01. The van der Waals surface area contributed by atoms with Gasteiger partial charge in [0, 0.05) is 18.0 Å². The third-order valence-electron chi connectivity index (χ3n) is 1.92. The summed E-state index contributed by atoms with van der Waals surface area (Å²) in [5.74, 6) is 0.776. The molecule has 2 aromatic rings. The number of halogens is 3. The first-order valence-corrected chi connectivity index (χ1v) is 5.72. The fraction of sp³-hybridized carbons (Fsp3) is 0. The predicted molar refractivity (Wildman–Crippen MR) is 70.2 cm³/mol. The summed E-state index contributed by atoms with van der Waals surface area (Å²) in [7, 11) is 0. The summed E-state index contributed by atoms with van der Waals surface area (Å²) in [6, 6.07) is 4.72. The topological polar surface area (TPSA) is 48.1 Å². The van der Waals surface area contributed by atoms with Crippen LogP contribution in [-0.4, -0.2) is 4.98 Å². The molecule has 1 heterocycles. The third-order valence-corrected chi connectivity index (χ3v) is 2.69. The molecule has 6 heteroatoms. The number of aromatic nitrogens is 1. The number of hydrogen-bond donors (Lipinski definition) is 1. The van der Waals surface area contributed by atoms with Crippen molar-refractivity contribution in [2.75, 3.05) is 5.73 Å². The number of hydrogen-bond acceptors (Lipinski definition) is 3. The van der Waals surface area contributed by atoms with Crippen LogP contribution in [0.3, 0.4) is 0 Å². The molecule has 0 amide bonds. The lowest BCUT2D eigenvalue weighted by molar-refractivity contribution is 0.481. The Hall–Kier alpha value is -1.16. The monoisotopic (exact) mass is 288 g/mol. The lowest BCUT2D eigenvalue weighted by Crippen LogP contribution is -1.90. The Morgan fingerprint density at radius 3 is 2.24 bits per heavy atom. The molecule has 0 fully saturated rings. The van der Waals surface area contributed by atoms with E-state index >= 15 is 0 Å². The van der Waals surface area contributed by atoms with Gasteiger partial charge < -0.3 is 10.5 Å². The molecule has 0 radical (unpaired) electrons. The van der Waals surface area contributed by atoms with Gasteiger partial charge in [-0.1, -0.05) is 34.8 Å². The first-order valence-electron chi connectivity index (χ1n) is 4.59. The maximum atomic E-state index is 5.98. The average Bonchev–Trinajstić information content (AvgIpc) is 2.23. The van der Waals surface area contributed by atoms with E-state index in [4.69, 9.17) is 45.3 Å². The smallest absolute Gasteiger partial charge is 0.164 e. The lowest BCUT2D eigenvalue weighted by atomic mass is 10.3. The predicted octanol–water partition coefficient (Wildman–Crippen LogP) is 4.42. The average molecular weight is 290 g/mol. The van der Waals surface area contributed by atoms with E-state index in [0.29, 0.717) is 32.3 Å². The van der Waals surface area contributed by atoms with Gasteiger partial charge >= 0.3 is 0 Å². The maximum absolute atomic E-state index is 5.98. The Labute approximate surface area is 113 Å². The summed E-state index contributed by atoms with van der Waals surface area (Å²) in [4.78, 5) is 3.89. The summed E-state index contributed by atoms with van der Waals surface area (Å²) >= 11 is 17.8. The van der Waals surface area contributed by atoms with Gasteiger partial charge in [0.2, 0.25) is 0 Å². The van der Waals surface area contributed by atoms with Crippen LogP contribution >= 0.6 is 34.8 Å². The highest BCUT2D eigenvalue weighted by Gasteiger charge is 2.10. The van der Waals surface area contributed by atoms with E-state index in [1.54, 1.807) is 18.2 Å². The molecule has 0 saturated carbocycles. The van der Waals surface area contributed by atoms with Crippen LogP contribution in [0, 0.1) is 0 Å². The lowest BCUT2D eigenvalue weighted by Gasteiger charge is -2.10. The summed E-state index contributed by atoms with van der Waals surface area (Å²) in [6.45, 7) is 0. The van der Waals surface area contributed by atoms with Gasteiger partial charge in [-0.05, 0) is 12.1 Å². The maximum Gasteiger partial charge on any atom is 0.164 e. The zero-order valence-electron chi connectivity index (χ0n) is 8.45. The van der Waals surface area contributed by atoms with Gasteiger partial charge in [-0.3, -0.25) is 4.98 Å². The Bertz CT molecular complexity index is 537. The van der Waals surface area contributed by atoms with Gasteiger partial charge in [0.25, 0.3) is 0 Å². The van der Waals surface area contributed by atoms with Crippen molar-refractivity contribution in [1.29, 1.82) is 0 Å². The summed E-state index contributed by atoms with van der Waals surface area (Å²) in [5, 5.41) is 1.12. The second-order valence-corrected chi connectivity index (χ2v) is 4.51. The van der Waals surface area contributed by atoms with Gasteiger partial charge in [-0.15, -0.1) is 0 Å². The van der Waals surface area contributed by atoms with Crippen LogP contribution in [0.4, 0.5) is 5.69 Å². The molecule has 0 aliphatic rings. The minimum atomic E-state index is 0.326. The molecule has 0 atom stereocenters. The van der Waals surface area contributed by atoms with Crippen molar-refractivity contribution in [1.82, 2.24) is 4.98 Å². The summed E-state index contributed by atoms with van der Waals surface area (Å²) < 4.78 is 5.51.